The molecule has 0 fully saturated rings. The lowest BCUT2D eigenvalue weighted by Gasteiger charge is -2.22. The predicted molar refractivity (Wildman–Crippen MR) is 81.4 cm³/mol. The Labute approximate surface area is 123 Å². The molecule has 104 valence electrons. The maximum atomic E-state index is 11.2. The van der Waals surface area contributed by atoms with Crippen LogP contribution in [-0.2, 0) is 0 Å². The number of anilines is 1. The van der Waals surface area contributed by atoms with Crippen molar-refractivity contribution >= 4 is 23.7 Å². The Hall–Kier alpha value is -1.94. The van der Waals surface area contributed by atoms with E-state index in [9.17, 15) is 4.79 Å². The average Bonchev–Trinajstić information content (AvgIpc) is 2.49. The van der Waals surface area contributed by atoms with Crippen molar-refractivity contribution in [2.75, 3.05) is 18.0 Å². The van der Waals surface area contributed by atoms with Crippen LogP contribution >= 0.6 is 11.6 Å². The van der Waals surface area contributed by atoms with Gasteiger partial charge < -0.3 is 4.90 Å². The van der Waals surface area contributed by atoms with Crippen molar-refractivity contribution in [3.8, 4) is 11.4 Å². The minimum absolute atomic E-state index is 0.191. The van der Waals surface area contributed by atoms with Crippen molar-refractivity contribution in [1.82, 2.24) is 9.97 Å². The molecule has 0 radical (unpaired) electrons. The Morgan fingerprint density at radius 2 is 1.80 bits per heavy atom. The highest BCUT2D eigenvalue weighted by atomic mass is 35.5. The minimum atomic E-state index is 0.191. The van der Waals surface area contributed by atoms with Gasteiger partial charge >= 0.3 is 0 Å². The largest absolute Gasteiger partial charge is 0.356 e. The first-order valence-corrected chi connectivity index (χ1v) is 6.92. The summed E-state index contributed by atoms with van der Waals surface area (Å²) >= 11 is 6.13. The van der Waals surface area contributed by atoms with Gasteiger partial charge in [0.05, 0.1) is 5.56 Å². The molecule has 1 aromatic heterocycles. The molecule has 0 amide bonds. The van der Waals surface area contributed by atoms with E-state index in [0.29, 0.717) is 23.5 Å². The fraction of sp³-hybridized carbons (Fsp3) is 0.267. The van der Waals surface area contributed by atoms with Gasteiger partial charge in [0.1, 0.15) is 11.0 Å². The van der Waals surface area contributed by atoms with Crippen LogP contribution in [-0.4, -0.2) is 29.3 Å². The third kappa shape index (κ3) is 2.80. The quantitative estimate of drug-likeness (QED) is 0.625. The fourth-order valence-electron chi connectivity index (χ4n) is 2.01. The molecule has 1 heterocycles. The highest BCUT2D eigenvalue weighted by Gasteiger charge is 2.17. The number of aldehydes is 1. The summed E-state index contributed by atoms with van der Waals surface area (Å²) in [6.45, 7) is 5.52. The molecular formula is C15H16ClN3O. The van der Waals surface area contributed by atoms with Crippen LogP contribution in [0.15, 0.2) is 30.3 Å². The molecule has 1 aromatic carbocycles. The number of rotatable bonds is 5. The highest BCUT2D eigenvalue weighted by molar-refractivity contribution is 6.32. The highest BCUT2D eigenvalue weighted by Crippen LogP contribution is 2.26. The lowest BCUT2D eigenvalue weighted by atomic mass is 10.2. The molecule has 0 aliphatic carbocycles. The number of nitrogens with zero attached hydrogens (tertiary/aromatic N) is 3. The first-order chi connectivity index (χ1) is 9.71. The van der Waals surface area contributed by atoms with Crippen LogP contribution in [0.3, 0.4) is 0 Å². The van der Waals surface area contributed by atoms with Crippen molar-refractivity contribution in [1.29, 1.82) is 0 Å². The maximum Gasteiger partial charge on any atom is 0.163 e. The van der Waals surface area contributed by atoms with E-state index in [-0.39, 0.29) is 5.15 Å². The molecule has 20 heavy (non-hydrogen) atoms. The molecular weight excluding hydrogens is 274 g/mol. The lowest BCUT2D eigenvalue weighted by molar-refractivity contribution is 0.112. The fourth-order valence-corrected chi connectivity index (χ4v) is 2.22. The summed E-state index contributed by atoms with van der Waals surface area (Å²) < 4.78 is 0. The number of aromatic nitrogens is 2. The maximum absolute atomic E-state index is 11.2. The average molecular weight is 290 g/mol. The van der Waals surface area contributed by atoms with Gasteiger partial charge in [0, 0.05) is 18.7 Å². The van der Waals surface area contributed by atoms with Gasteiger partial charge in [-0.05, 0) is 13.8 Å². The summed E-state index contributed by atoms with van der Waals surface area (Å²) in [6, 6.07) is 9.58. The lowest BCUT2D eigenvalue weighted by Crippen LogP contribution is -2.25. The van der Waals surface area contributed by atoms with Crippen LogP contribution in [0.2, 0.25) is 5.15 Å². The van der Waals surface area contributed by atoms with Crippen molar-refractivity contribution in [2.45, 2.75) is 13.8 Å². The molecule has 0 aliphatic heterocycles. The number of halogens is 1. The Balaban J connectivity index is 2.60. The van der Waals surface area contributed by atoms with Crippen LogP contribution in [0.5, 0.6) is 0 Å². The van der Waals surface area contributed by atoms with Gasteiger partial charge in [0.15, 0.2) is 12.1 Å². The molecule has 0 saturated carbocycles. The number of hydrogen-bond acceptors (Lipinski definition) is 4. The zero-order chi connectivity index (χ0) is 14.5. The standard InChI is InChI=1S/C15H16ClN3O/c1-3-19(4-2)15-12(10-20)13(16)17-14(18-15)11-8-6-5-7-9-11/h5-10H,3-4H2,1-2H3. The molecule has 2 rings (SSSR count). The third-order valence-corrected chi connectivity index (χ3v) is 3.38. The number of benzene rings is 1. The summed E-state index contributed by atoms with van der Waals surface area (Å²) in [5.41, 5.74) is 1.22. The van der Waals surface area contributed by atoms with Gasteiger partial charge in [0.2, 0.25) is 0 Å². The normalized spacial score (nSPS) is 10.3. The summed E-state index contributed by atoms with van der Waals surface area (Å²) in [4.78, 5) is 22.0. The van der Waals surface area contributed by atoms with E-state index >= 15 is 0 Å². The van der Waals surface area contributed by atoms with Gasteiger partial charge in [-0.2, -0.15) is 0 Å². The van der Waals surface area contributed by atoms with Crippen LogP contribution in [0.25, 0.3) is 11.4 Å². The first-order valence-electron chi connectivity index (χ1n) is 6.54. The van der Waals surface area contributed by atoms with Crippen molar-refractivity contribution in [3.63, 3.8) is 0 Å². The molecule has 0 bridgehead atoms. The SMILES string of the molecule is CCN(CC)c1nc(-c2ccccc2)nc(Cl)c1C=O. The number of carbonyl (C=O) groups excluding carboxylic acids is 1. The van der Waals surface area contributed by atoms with Gasteiger partial charge in [-0.3, -0.25) is 4.79 Å². The van der Waals surface area contributed by atoms with E-state index in [2.05, 4.69) is 9.97 Å². The molecule has 0 atom stereocenters. The van der Waals surface area contributed by atoms with E-state index in [4.69, 9.17) is 11.6 Å². The van der Waals surface area contributed by atoms with E-state index in [1.165, 1.54) is 0 Å². The van der Waals surface area contributed by atoms with Crippen molar-refractivity contribution in [2.24, 2.45) is 0 Å². The Bertz CT molecular complexity index is 598. The monoisotopic (exact) mass is 289 g/mol. The third-order valence-electron chi connectivity index (χ3n) is 3.09. The van der Waals surface area contributed by atoms with E-state index in [1.54, 1.807) is 0 Å². The van der Waals surface area contributed by atoms with Gasteiger partial charge in [-0.1, -0.05) is 41.9 Å². The number of carbonyl (C=O) groups is 1. The molecule has 2 aromatic rings. The first kappa shape index (κ1) is 14.5. The summed E-state index contributed by atoms with van der Waals surface area (Å²) in [5, 5.41) is 0.191. The van der Waals surface area contributed by atoms with Crippen LogP contribution in [0, 0.1) is 0 Å². The summed E-state index contributed by atoms with van der Waals surface area (Å²) in [7, 11) is 0. The van der Waals surface area contributed by atoms with Crippen molar-refractivity contribution < 1.29 is 4.79 Å². The smallest absolute Gasteiger partial charge is 0.163 e. The summed E-state index contributed by atoms with van der Waals surface area (Å²) in [5.74, 6) is 1.12. The summed E-state index contributed by atoms with van der Waals surface area (Å²) in [6.07, 6.45) is 0.713. The molecule has 4 nitrogen and oxygen atoms in total. The molecule has 5 heteroatoms. The molecule has 0 aliphatic rings. The van der Waals surface area contributed by atoms with Crippen LogP contribution in [0.4, 0.5) is 5.82 Å². The van der Waals surface area contributed by atoms with E-state index in [1.807, 2.05) is 49.1 Å². The second-order valence-electron chi connectivity index (χ2n) is 4.23. The Morgan fingerprint density at radius 3 is 2.35 bits per heavy atom. The molecule has 0 N–H and O–H groups in total. The zero-order valence-electron chi connectivity index (χ0n) is 11.5. The molecule has 0 spiro atoms. The van der Waals surface area contributed by atoms with Gasteiger partial charge in [-0.25, -0.2) is 9.97 Å². The van der Waals surface area contributed by atoms with Crippen molar-refractivity contribution in [3.05, 3.63) is 41.0 Å². The van der Waals surface area contributed by atoms with E-state index < -0.39 is 0 Å². The second kappa shape index (κ2) is 6.48. The predicted octanol–water partition coefficient (Wildman–Crippen LogP) is 3.46. The number of hydrogen-bond donors (Lipinski definition) is 0. The van der Waals surface area contributed by atoms with Gasteiger partial charge in [-0.15, -0.1) is 0 Å². The topological polar surface area (TPSA) is 46.1 Å². The zero-order valence-corrected chi connectivity index (χ0v) is 12.3. The minimum Gasteiger partial charge on any atom is -0.356 e. The Morgan fingerprint density at radius 1 is 1.15 bits per heavy atom. The second-order valence-corrected chi connectivity index (χ2v) is 4.59. The molecule has 0 unspecified atom stereocenters. The molecule has 0 saturated heterocycles. The van der Waals surface area contributed by atoms with Crippen LogP contribution in [0.1, 0.15) is 24.2 Å². The van der Waals surface area contributed by atoms with E-state index in [0.717, 1.165) is 18.7 Å². The van der Waals surface area contributed by atoms with Gasteiger partial charge in [0.25, 0.3) is 0 Å². The van der Waals surface area contributed by atoms with Crippen LogP contribution < -0.4 is 4.90 Å². The Kier molecular flexibility index (Phi) is 4.69.